The van der Waals surface area contributed by atoms with Crippen LogP contribution in [0.1, 0.15) is 58.3 Å². The van der Waals surface area contributed by atoms with Crippen molar-refractivity contribution in [2.75, 3.05) is 6.61 Å². The van der Waals surface area contributed by atoms with E-state index in [1.54, 1.807) is 0 Å². The fourth-order valence-corrected chi connectivity index (χ4v) is 2.93. The molecule has 0 fully saturated rings. The molecule has 0 bridgehead atoms. The lowest BCUT2D eigenvalue weighted by Gasteiger charge is -2.15. The Hall–Kier alpha value is 0.630. The highest BCUT2D eigenvalue weighted by atomic mass is 35.6. The molecule has 0 aromatic heterocycles. The van der Waals surface area contributed by atoms with Crippen molar-refractivity contribution in [3.8, 4) is 0 Å². The highest BCUT2D eigenvalue weighted by Gasteiger charge is 2.23. The van der Waals surface area contributed by atoms with Crippen LogP contribution in [0.4, 0.5) is 0 Å². The van der Waals surface area contributed by atoms with Crippen LogP contribution in [0.5, 0.6) is 0 Å². The predicted molar refractivity (Wildman–Crippen MR) is 83.5 cm³/mol. The van der Waals surface area contributed by atoms with Crippen LogP contribution in [0.3, 0.4) is 0 Å². The first-order chi connectivity index (χ1) is 8.81. The van der Waals surface area contributed by atoms with Crippen molar-refractivity contribution in [1.82, 2.24) is 0 Å². The summed E-state index contributed by atoms with van der Waals surface area (Å²) in [7, 11) is 0. The average molecular weight is 352 g/mol. The van der Waals surface area contributed by atoms with E-state index < -0.39 is 3.79 Å². The lowest BCUT2D eigenvalue weighted by Crippen LogP contribution is -2.11. The zero-order chi connectivity index (χ0) is 14.7. The van der Waals surface area contributed by atoms with Crippen molar-refractivity contribution in [2.45, 2.75) is 67.5 Å². The molecule has 0 N–H and O–H groups in total. The number of hydrogen-bond acceptors (Lipinski definition) is 2. The van der Waals surface area contributed by atoms with Gasteiger partial charge in [0.2, 0.25) is 0 Å². The van der Waals surface area contributed by atoms with Crippen LogP contribution in [-0.2, 0) is 9.53 Å². The van der Waals surface area contributed by atoms with Crippen molar-refractivity contribution in [3.05, 3.63) is 0 Å². The topological polar surface area (TPSA) is 26.3 Å². The molecule has 114 valence electrons. The van der Waals surface area contributed by atoms with Gasteiger partial charge in [-0.05, 0) is 12.8 Å². The molecule has 0 aromatic rings. The minimum Gasteiger partial charge on any atom is -0.466 e. The van der Waals surface area contributed by atoms with E-state index in [2.05, 4.69) is 0 Å². The molecular formula is C13H22Cl4O2. The molecule has 6 heteroatoms. The van der Waals surface area contributed by atoms with Gasteiger partial charge >= 0.3 is 5.97 Å². The summed E-state index contributed by atoms with van der Waals surface area (Å²) < 4.78 is 3.61. The molecular weight excluding hydrogens is 330 g/mol. The van der Waals surface area contributed by atoms with Crippen LogP contribution in [0, 0.1) is 0 Å². The minimum atomic E-state index is -1.25. The van der Waals surface area contributed by atoms with Crippen LogP contribution in [0.15, 0.2) is 0 Å². The average Bonchev–Trinajstić information content (AvgIpc) is 2.24. The van der Waals surface area contributed by atoms with Crippen LogP contribution >= 0.6 is 46.4 Å². The van der Waals surface area contributed by atoms with E-state index in [0.29, 0.717) is 13.0 Å². The molecule has 0 saturated carbocycles. The van der Waals surface area contributed by atoms with Crippen LogP contribution in [0.2, 0.25) is 0 Å². The van der Waals surface area contributed by atoms with Gasteiger partial charge in [0.25, 0.3) is 0 Å². The summed E-state index contributed by atoms with van der Waals surface area (Å²) >= 11 is 23.1. The van der Waals surface area contributed by atoms with Crippen molar-refractivity contribution in [1.29, 1.82) is 0 Å². The van der Waals surface area contributed by atoms with Crippen molar-refractivity contribution < 1.29 is 9.53 Å². The van der Waals surface area contributed by atoms with E-state index >= 15 is 0 Å². The molecule has 0 heterocycles. The summed E-state index contributed by atoms with van der Waals surface area (Å²) in [5, 5.41) is -0.0727. The Morgan fingerprint density at radius 3 is 2.11 bits per heavy atom. The third-order valence-electron chi connectivity index (χ3n) is 2.67. The monoisotopic (exact) mass is 350 g/mol. The lowest BCUT2D eigenvalue weighted by molar-refractivity contribution is -0.141. The molecule has 0 radical (unpaired) electrons. The maximum Gasteiger partial charge on any atom is 0.302 e. The highest BCUT2D eigenvalue weighted by Crippen LogP contribution is 2.34. The highest BCUT2D eigenvalue weighted by molar-refractivity contribution is 6.67. The van der Waals surface area contributed by atoms with Gasteiger partial charge in [0, 0.05) is 18.7 Å². The second-order valence-electron chi connectivity index (χ2n) is 4.67. The molecule has 0 aromatic carbocycles. The Labute approximate surface area is 136 Å². The quantitative estimate of drug-likeness (QED) is 0.289. The molecule has 0 spiro atoms. The summed E-state index contributed by atoms with van der Waals surface area (Å²) in [6.07, 6.45) is 7.80. The van der Waals surface area contributed by atoms with Gasteiger partial charge in [0.05, 0.1) is 6.61 Å². The van der Waals surface area contributed by atoms with Gasteiger partial charge in [0.1, 0.15) is 0 Å². The van der Waals surface area contributed by atoms with Gasteiger partial charge in [-0.15, -0.1) is 11.6 Å². The molecule has 1 atom stereocenters. The van der Waals surface area contributed by atoms with Crippen molar-refractivity contribution >= 4 is 52.4 Å². The molecule has 0 rings (SSSR count). The molecule has 19 heavy (non-hydrogen) atoms. The number of alkyl halides is 4. The van der Waals surface area contributed by atoms with E-state index in [-0.39, 0.29) is 11.3 Å². The third kappa shape index (κ3) is 16.6. The molecule has 1 unspecified atom stereocenters. The van der Waals surface area contributed by atoms with Gasteiger partial charge in [-0.3, -0.25) is 4.79 Å². The van der Waals surface area contributed by atoms with E-state index in [4.69, 9.17) is 51.1 Å². The molecule has 0 aliphatic heterocycles. The van der Waals surface area contributed by atoms with E-state index in [1.807, 2.05) is 0 Å². The second kappa shape index (κ2) is 11.3. The van der Waals surface area contributed by atoms with E-state index in [1.165, 1.54) is 6.92 Å². The standard InChI is InChI=1S/C13H22Cl4O2/c1-11(18)19-9-7-5-3-2-4-6-8-12(14)10-13(15,16)17/h12H,2-10H2,1H3. The van der Waals surface area contributed by atoms with Gasteiger partial charge in [0.15, 0.2) is 3.79 Å². The fraction of sp³-hybridized carbons (Fsp3) is 0.923. The zero-order valence-corrected chi connectivity index (χ0v) is 14.3. The SMILES string of the molecule is CC(=O)OCCCCCCCCC(Cl)CC(Cl)(Cl)Cl. The molecule has 0 aliphatic rings. The summed E-state index contributed by atoms with van der Waals surface area (Å²) in [6, 6.07) is 0. The minimum absolute atomic E-state index is 0.0727. The Morgan fingerprint density at radius 1 is 1.05 bits per heavy atom. The second-order valence-corrected chi connectivity index (χ2v) is 7.80. The number of hydrogen-bond donors (Lipinski definition) is 0. The number of unbranched alkanes of at least 4 members (excludes halogenated alkanes) is 5. The summed E-state index contributed by atoms with van der Waals surface area (Å²) in [6.45, 7) is 1.96. The van der Waals surface area contributed by atoms with E-state index in [0.717, 1.165) is 44.9 Å². The van der Waals surface area contributed by atoms with Gasteiger partial charge in [-0.1, -0.05) is 66.9 Å². The molecule has 0 saturated heterocycles. The number of carbonyl (C=O) groups is 1. The van der Waals surface area contributed by atoms with Crippen LogP contribution < -0.4 is 0 Å². The predicted octanol–water partition coefficient (Wildman–Crippen LogP) is 5.65. The van der Waals surface area contributed by atoms with Crippen LogP contribution in [-0.4, -0.2) is 21.7 Å². The smallest absolute Gasteiger partial charge is 0.302 e. The Bertz CT molecular complexity index is 241. The first-order valence-electron chi connectivity index (χ1n) is 6.65. The summed E-state index contributed by atoms with van der Waals surface area (Å²) in [4.78, 5) is 10.5. The fourth-order valence-electron chi connectivity index (χ4n) is 1.74. The first-order valence-corrected chi connectivity index (χ1v) is 8.22. The van der Waals surface area contributed by atoms with Crippen molar-refractivity contribution in [3.63, 3.8) is 0 Å². The van der Waals surface area contributed by atoms with E-state index in [9.17, 15) is 4.79 Å². The number of ether oxygens (including phenoxy) is 1. The summed E-state index contributed by atoms with van der Waals surface area (Å²) in [5.41, 5.74) is 0. The Morgan fingerprint density at radius 2 is 1.58 bits per heavy atom. The van der Waals surface area contributed by atoms with Crippen LogP contribution in [0.25, 0.3) is 0 Å². The maximum atomic E-state index is 10.5. The largest absolute Gasteiger partial charge is 0.466 e. The normalized spacial score (nSPS) is 13.3. The number of rotatable bonds is 10. The molecule has 2 nitrogen and oxygen atoms in total. The Balaban J connectivity index is 3.25. The third-order valence-corrected chi connectivity index (χ3v) is 3.51. The van der Waals surface area contributed by atoms with Gasteiger partial charge in [-0.25, -0.2) is 0 Å². The van der Waals surface area contributed by atoms with Gasteiger partial charge in [-0.2, -0.15) is 0 Å². The Kier molecular flexibility index (Phi) is 11.7. The lowest BCUT2D eigenvalue weighted by atomic mass is 10.1. The maximum absolute atomic E-state index is 10.5. The molecule has 0 amide bonds. The molecule has 0 aliphatic carbocycles. The zero-order valence-electron chi connectivity index (χ0n) is 11.3. The number of carbonyl (C=O) groups excluding carboxylic acids is 1. The van der Waals surface area contributed by atoms with Crippen molar-refractivity contribution in [2.24, 2.45) is 0 Å². The number of halogens is 4. The number of esters is 1. The first kappa shape index (κ1) is 19.6. The summed E-state index contributed by atoms with van der Waals surface area (Å²) in [5.74, 6) is -0.206. The van der Waals surface area contributed by atoms with Gasteiger partial charge < -0.3 is 4.74 Å².